The molecule has 96 valence electrons. The number of hydrogen-bond donors (Lipinski definition) is 1. The number of hydrogen-bond acceptors (Lipinski definition) is 2. The van der Waals surface area contributed by atoms with Crippen LogP contribution in [-0.2, 0) is 0 Å². The van der Waals surface area contributed by atoms with Crippen LogP contribution in [0.15, 0.2) is 77.8 Å². The van der Waals surface area contributed by atoms with Crippen LogP contribution in [-0.4, -0.2) is 10.8 Å². The van der Waals surface area contributed by atoms with Gasteiger partial charge in [0.1, 0.15) is 6.10 Å². The Morgan fingerprint density at radius 3 is 2.11 bits per heavy atom. The van der Waals surface area contributed by atoms with Gasteiger partial charge in [0.05, 0.1) is 5.69 Å². The summed E-state index contributed by atoms with van der Waals surface area (Å²) in [6, 6.07) is 19.1. The number of aliphatic hydroxyl groups is 1. The fourth-order valence-corrected chi connectivity index (χ4v) is 1.80. The van der Waals surface area contributed by atoms with Crippen LogP contribution in [0.1, 0.15) is 18.6 Å². The van der Waals surface area contributed by atoms with Crippen LogP contribution in [0.5, 0.6) is 0 Å². The van der Waals surface area contributed by atoms with Crippen molar-refractivity contribution in [2.45, 2.75) is 13.0 Å². The van der Waals surface area contributed by atoms with E-state index in [0.29, 0.717) is 5.57 Å². The molecule has 2 aromatic rings. The summed E-state index contributed by atoms with van der Waals surface area (Å²) in [4.78, 5) is 4.46. The topological polar surface area (TPSA) is 32.6 Å². The molecule has 0 amide bonds. The van der Waals surface area contributed by atoms with Gasteiger partial charge in [0, 0.05) is 5.71 Å². The molecule has 0 unspecified atom stereocenters. The molecule has 0 heterocycles. The summed E-state index contributed by atoms with van der Waals surface area (Å²) in [5.74, 6) is 0. The second-order valence-corrected chi connectivity index (χ2v) is 4.37. The Kier molecular flexibility index (Phi) is 4.26. The van der Waals surface area contributed by atoms with Crippen LogP contribution < -0.4 is 0 Å². The van der Waals surface area contributed by atoms with Crippen LogP contribution >= 0.6 is 0 Å². The summed E-state index contributed by atoms with van der Waals surface area (Å²) in [5, 5.41) is 10.3. The molecule has 2 heteroatoms. The van der Waals surface area contributed by atoms with Gasteiger partial charge in [-0.2, -0.15) is 0 Å². The molecule has 1 atom stereocenters. The highest BCUT2D eigenvalue weighted by Crippen LogP contribution is 2.22. The highest BCUT2D eigenvalue weighted by Gasteiger charge is 2.13. The number of rotatable bonds is 4. The third-order valence-electron chi connectivity index (χ3n) is 2.96. The van der Waals surface area contributed by atoms with Gasteiger partial charge < -0.3 is 5.11 Å². The van der Waals surface area contributed by atoms with Crippen molar-refractivity contribution < 1.29 is 5.11 Å². The smallest absolute Gasteiger partial charge is 0.105 e. The maximum absolute atomic E-state index is 10.3. The summed E-state index contributed by atoms with van der Waals surface area (Å²) in [5.41, 5.74) is 3.05. The summed E-state index contributed by atoms with van der Waals surface area (Å²) < 4.78 is 0. The van der Waals surface area contributed by atoms with Crippen molar-refractivity contribution in [3.63, 3.8) is 0 Å². The second kappa shape index (κ2) is 6.12. The molecule has 0 radical (unpaired) electrons. The van der Waals surface area contributed by atoms with Gasteiger partial charge in [-0.25, -0.2) is 0 Å². The molecule has 0 aliphatic heterocycles. The Morgan fingerprint density at radius 1 is 1.00 bits per heavy atom. The zero-order valence-corrected chi connectivity index (χ0v) is 11.0. The van der Waals surface area contributed by atoms with Gasteiger partial charge in [0.2, 0.25) is 0 Å². The number of nitrogens with zero attached hydrogens (tertiary/aromatic N) is 1. The average Bonchev–Trinajstić information content (AvgIpc) is 2.47. The summed E-state index contributed by atoms with van der Waals surface area (Å²) >= 11 is 0. The van der Waals surface area contributed by atoms with Crippen molar-refractivity contribution in [2.24, 2.45) is 4.99 Å². The van der Waals surface area contributed by atoms with Crippen molar-refractivity contribution in [3.8, 4) is 0 Å². The zero-order valence-electron chi connectivity index (χ0n) is 11.0. The predicted molar refractivity (Wildman–Crippen MR) is 79.8 cm³/mol. The molecule has 0 fully saturated rings. The molecule has 1 N–H and O–H groups in total. The fourth-order valence-electron chi connectivity index (χ4n) is 1.80. The van der Waals surface area contributed by atoms with Gasteiger partial charge in [0.25, 0.3) is 0 Å². The van der Waals surface area contributed by atoms with E-state index in [-0.39, 0.29) is 0 Å². The first-order chi connectivity index (χ1) is 9.18. The lowest BCUT2D eigenvalue weighted by molar-refractivity contribution is 0.222. The highest BCUT2D eigenvalue weighted by molar-refractivity contribution is 6.00. The van der Waals surface area contributed by atoms with Gasteiger partial charge >= 0.3 is 0 Å². The van der Waals surface area contributed by atoms with E-state index in [9.17, 15) is 5.11 Å². The van der Waals surface area contributed by atoms with E-state index < -0.39 is 6.10 Å². The molecule has 0 saturated heterocycles. The Bertz CT molecular complexity index is 573. The minimum atomic E-state index is -0.714. The number of benzene rings is 2. The normalized spacial score (nSPS) is 13.1. The monoisotopic (exact) mass is 251 g/mol. The minimum Gasteiger partial charge on any atom is -0.384 e. The van der Waals surface area contributed by atoms with E-state index in [1.807, 2.05) is 67.6 Å². The zero-order chi connectivity index (χ0) is 13.7. The Balaban J connectivity index is 2.18. The van der Waals surface area contributed by atoms with Crippen molar-refractivity contribution in [2.75, 3.05) is 0 Å². The first-order valence-corrected chi connectivity index (χ1v) is 6.21. The number of aliphatic hydroxyl groups excluding tert-OH is 1. The van der Waals surface area contributed by atoms with Gasteiger partial charge in [0.15, 0.2) is 0 Å². The predicted octanol–water partition coefficient (Wildman–Crippen LogP) is 4.07. The van der Waals surface area contributed by atoms with Crippen LogP contribution in [0.3, 0.4) is 0 Å². The van der Waals surface area contributed by atoms with Crippen molar-refractivity contribution in [1.29, 1.82) is 0 Å². The van der Waals surface area contributed by atoms with Gasteiger partial charge in [-0.15, -0.1) is 0 Å². The molecule has 2 rings (SSSR count). The Morgan fingerprint density at radius 2 is 1.53 bits per heavy atom. The molecule has 2 nitrogen and oxygen atoms in total. The highest BCUT2D eigenvalue weighted by atomic mass is 16.3. The fraction of sp³-hybridized carbons (Fsp3) is 0.118. The van der Waals surface area contributed by atoms with Crippen LogP contribution in [0, 0.1) is 0 Å². The second-order valence-electron chi connectivity index (χ2n) is 4.37. The van der Waals surface area contributed by atoms with Gasteiger partial charge in [-0.3, -0.25) is 4.99 Å². The first-order valence-electron chi connectivity index (χ1n) is 6.21. The van der Waals surface area contributed by atoms with E-state index in [1.54, 1.807) is 0 Å². The van der Waals surface area contributed by atoms with E-state index in [0.717, 1.165) is 17.0 Å². The van der Waals surface area contributed by atoms with Crippen LogP contribution in [0.25, 0.3) is 0 Å². The van der Waals surface area contributed by atoms with Crippen molar-refractivity contribution in [1.82, 2.24) is 0 Å². The van der Waals surface area contributed by atoms with E-state index in [2.05, 4.69) is 11.6 Å². The standard InChI is InChI=1S/C17H17NO/c1-13(17(19)15-9-5-3-6-10-15)14(2)18-16-11-7-4-8-12-16/h3-12,17,19H,1H2,2H3/t17-/m0/s1. The van der Waals surface area contributed by atoms with Crippen molar-refractivity contribution >= 4 is 11.4 Å². The largest absolute Gasteiger partial charge is 0.384 e. The van der Waals surface area contributed by atoms with Gasteiger partial charge in [-0.05, 0) is 30.2 Å². The van der Waals surface area contributed by atoms with Gasteiger partial charge in [-0.1, -0.05) is 55.1 Å². The molecular weight excluding hydrogens is 234 g/mol. The maximum Gasteiger partial charge on any atom is 0.105 e. The molecule has 0 bridgehead atoms. The quantitative estimate of drug-likeness (QED) is 0.816. The molecule has 0 saturated carbocycles. The molecule has 0 aromatic heterocycles. The van der Waals surface area contributed by atoms with E-state index in [4.69, 9.17) is 0 Å². The lowest BCUT2D eigenvalue weighted by atomic mass is 10.00. The molecule has 0 aliphatic rings. The van der Waals surface area contributed by atoms with Crippen LogP contribution in [0.2, 0.25) is 0 Å². The SMILES string of the molecule is C=C(C(C)=Nc1ccccc1)[C@H](O)c1ccccc1. The Hall–Kier alpha value is -2.19. The third kappa shape index (κ3) is 3.39. The molecule has 19 heavy (non-hydrogen) atoms. The van der Waals surface area contributed by atoms with Crippen LogP contribution in [0.4, 0.5) is 5.69 Å². The third-order valence-corrected chi connectivity index (χ3v) is 2.96. The molecule has 0 spiro atoms. The average molecular weight is 251 g/mol. The Labute approximate surface area is 113 Å². The maximum atomic E-state index is 10.3. The molecular formula is C17H17NO. The number of aliphatic imine (C=N–C) groups is 1. The molecule has 2 aromatic carbocycles. The van der Waals surface area contributed by atoms with Crippen molar-refractivity contribution in [3.05, 3.63) is 78.4 Å². The lowest BCUT2D eigenvalue weighted by Crippen LogP contribution is -2.07. The minimum absolute atomic E-state index is 0.620. The lowest BCUT2D eigenvalue weighted by Gasteiger charge is -2.14. The summed E-state index contributed by atoms with van der Waals surface area (Å²) in [6.07, 6.45) is -0.714. The first kappa shape index (κ1) is 13.2. The molecule has 0 aliphatic carbocycles. The summed E-state index contributed by atoms with van der Waals surface area (Å²) in [7, 11) is 0. The number of para-hydroxylation sites is 1. The van der Waals surface area contributed by atoms with E-state index in [1.165, 1.54) is 0 Å². The summed E-state index contributed by atoms with van der Waals surface area (Å²) in [6.45, 7) is 5.81. The van der Waals surface area contributed by atoms with E-state index >= 15 is 0 Å².